The monoisotopic (exact) mass is 456 g/mol. The van der Waals surface area contributed by atoms with E-state index in [9.17, 15) is 28.2 Å². The number of alkyl halides is 3. The van der Waals surface area contributed by atoms with Crippen molar-refractivity contribution in [2.45, 2.75) is 32.4 Å². The zero-order valence-corrected chi connectivity index (χ0v) is 17.9. The fourth-order valence-electron chi connectivity index (χ4n) is 3.78. The van der Waals surface area contributed by atoms with E-state index in [2.05, 4.69) is 0 Å². The summed E-state index contributed by atoms with van der Waals surface area (Å²) in [6.07, 6.45) is -4.85. The number of hydrogen-bond donors (Lipinski definition) is 3. The third kappa shape index (κ3) is 5.74. The van der Waals surface area contributed by atoms with Gasteiger partial charge < -0.3 is 15.3 Å². The van der Waals surface area contributed by atoms with Crippen LogP contribution in [0.25, 0.3) is 11.1 Å². The Kier molecular flexibility index (Phi) is 7.11. The van der Waals surface area contributed by atoms with Crippen molar-refractivity contribution in [3.63, 3.8) is 0 Å². The van der Waals surface area contributed by atoms with Crippen LogP contribution in [-0.2, 0) is 17.4 Å². The Labute approximate surface area is 189 Å². The molecule has 7 heteroatoms. The maximum absolute atomic E-state index is 13.8. The molecule has 0 spiro atoms. The van der Waals surface area contributed by atoms with Gasteiger partial charge in [-0.2, -0.15) is 13.2 Å². The van der Waals surface area contributed by atoms with Crippen molar-refractivity contribution in [1.29, 1.82) is 0 Å². The number of phenolic OH excluding ortho intramolecular Hbond substituents is 2. The molecule has 0 fully saturated rings. The Balaban J connectivity index is 2.25. The van der Waals surface area contributed by atoms with Gasteiger partial charge >= 0.3 is 12.1 Å². The van der Waals surface area contributed by atoms with Gasteiger partial charge in [0.15, 0.2) is 0 Å². The molecule has 0 aliphatic carbocycles. The minimum absolute atomic E-state index is 0.0593. The smallest absolute Gasteiger partial charge is 0.416 e. The fourth-order valence-corrected chi connectivity index (χ4v) is 3.78. The molecule has 4 nitrogen and oxygen atoms in total. The maximum atomic E-state index is 13.8. The number of carboxylic acids is 1. The SMILES string of the molecule is CCC(=C(c1ccc(O)cc1)c1ccc(O)cc1)c1ccc(CCC(=O)O)c(C(F)(F)F)c1. The van der Waals surface area contributed by atoms with Crippen LogP contribution in [0.5, 0.6) is 11.5 Å². The van der Waals surface area contributed by atoms with Crippen molar-refractivity contribution in [2.24, 2.45) is 0 Å². The Morgan fingerprint density at radius 1 is 0.818 bits per heavy atom. The molecule has 0 saturated carbocycles. The summed E-state index contributed by atoms with van der Waals surface area (Å²) < 4.78 is 41.5. The molecule has 0 aliphatic heterocycles. The van der Waals surface area contributed by atoms with Crippen LogP contribution in [0.1, 0.15) is 47.6 Å². The molecule has 3 aromatic rings. The van der Waals surface area contributed by atoms with Crippen molar-refractivity contribution in [2.75, 3.05) is 0 Å². The van der Waals surface area contributed by atoms with E-state index in [1.54, 1.807) is 30.3 Å². The van der Waals surface area contributed by atoms with Crippen LogP contribution in [0.3, 0.4) is 0 Å². The van der Waals surface area contributed by atoms with Gasteiger partial charge in [-0.25, -0.2) is 0 Å². The average molecular weight is 456 g/mol. The Hall–Kier alpha value is -3.74. The fraction of sp³-hybridized carbons (Fsp3) is 0.192. The number of benzene rings is 3. The number of aryl methyl sites for hydroxylation is 1. The van der Waals surface area contributed by atoms with Gasteiger partial charge in [-0.3, -0.25) is 4.79 Å². The van der Waals surface area contributed by atoms with E-state index in [0.717, 1.165) is 6.07 Å². The largest absolute Gasteiger partial charge is 0.508 e. The zero-order valence-electron chi connectivity index (χ0n) is 17.9. The number of hydrogen-bond acceptors (Lipinski definition) is 3. The molecular formula is C26H23F3O4. The zero-order chi connectivity index (χ0) is 24.2. The van der Waals surface area contributed by atoms with E-state index in [0.29, 0.717) is 34.3 Å². The summed E-state index contributed by atoms with van der Waals surface area (Å²) in [7, 11) is 0. The standard InChI is InChI=1S/C26H23F3O4/c1-2-22(19-4-3-16(9-14-24(32)33)23(15-19)26(27,28)29)25(17-5-10-20(30)11-6-17)18-7-12-21(31)13-8-18/h3-8,10-13,15,30-31H,2,9,14H2,1H3,(H,32,33). The maximum Gasteiger partial charge on any atom is 0.416 e. The van der Waals surface area contributed by atoms with E-state index >= 15 is 0 Å². The number of aromatic hydroxyl groups is 2. The number of rotatable bonds is 7. The average Bonchev–Trinajstić information content (AvgIpc) is 2.77. The summed E-state index contributed by atoms with van der Waals surface area (Å²) in [6.45, 7) is 1.84. The van der Waals surface area contributed by atoms with Gasteiger partial charge in [-0.15, -0.1) is 0 Å². The van der Waals surface area contributed by atoms with E-state index in [-0.39, 0.29) is 23.5 Å². The molecule has 0 amide bonds. The lowest BCUT2D eigenvalue weighted by Crippen LogP contribution is -2.11. The highest BCUT2D eigenvalue weighted by atomic mass is 19.4. The Bertz CT molecular complexity index is 1110. The van der Waals surface area contributed by atoms with Crippen LogP contribution in [-0.4, -0.2) is 21.3 Å². The normalized spacial score (nSPS) is 11.3. The molecule has 0 atom stereocenters. The van der Waals surface area contributed by atoms with E-state index in [1.807, 2.05) is 6.92 Å². The molecule has 0 unspecified atom stereocenters. The molecule has 0 aliphatic rings. The highest BCUT2D eigenvalue weighted by Gasteiger charge is 2.34. The third-order valence-corrected chi connectivity index (χ3v) is 5.34. The van der Waals surface area contributed by atoms with Crippen LogP contribution in [0.4, 0.5) is 13.2 Å². The second kappa shape index (κ2) is 9.81. The van der Waals surface area contributed by atoms with E-state index in [1.165, 1.54) is 30.3 Å². The molecule has 0 radical (unpaired) electrons. The van der Waals surface area contributed by atoms with Gasteiger partial charge in [0.1, 0.15) is 11.5 Å². The van der Waals surface area contributed by atoms with Crippen molar-refractivity contribution in [3.05, 3.63) is 94.5 Å². The molecule has 0 aromatic heterocycles. The predicted molar refractivity (Wildman–Crippen MR) is 120 cm³/mol. The van der Waals surface area contributed by atoms with Crippen molar-refractivity contribution in [1.82, 2.24) is 0 Å². The molecule has 0 heterocycles. The number of allylic oxidation sites excluding steroid dienone is 1. The topological polar surface area (TPSA) is 77.8 Å². The number of carboxylic acid groups (broad SMARTS) is 1. The van der Waals surface area contributed by atoms with Gasteiger partial charge in [0.2, 0.25) is 0 Å². The highest BCUT2D eigenvalue weighted by Crippen LogP contribution is 2.39. The summed E-state index contributed by atoms with van der Waals surface area (Å²) in [5, 5.41) is 28.3. The second-order valence-corrected chi connectivity index (χ2v) is 7.56. The van der Waals surface area contributed by atoms with Crippen molar-refractivity contribution in [3.8, 4) is 11.5 Å². The first-order chi connectivity index (χ1) is 15.6. The van der Waals surface area contributed by atoms with Gasteiger partial charge in [0, 0.05) is 6.42 Å². The lowest BCUT2D eigenvalue weighted by molar-refractivity contribution is -0.140. The molecule has 3 aromatic carbocycles. The molecule has 0 bridgehead atoms. The van der Waals surface area contributed by atoms with Gasteiger partial charge in [-0.1, -0.05) is 43.3 Å². The molecule has 33 heavy (non-hydrogen) atoms. The number of halogens is 3. The molecule has 172 valence electrons. The molecule has 0 saturated heterocycles. The third-order valence-electron chi connectivity index (χ3n) is 5.34. The number of carbonyl (C=O) groups is 1. The summed E-state index contributed by atoms with van der Waals surface area (Å²) in [5.41, 5.74) is 2.13. The Morgan fingerprint density at radius 3 is 1.73 bits per heavy atom. The van der Waals surface area contributed by atoms with Crippen LogP contribution >= 0.6 is 0 Å². The molecular weight excluding hydrogens is 433 g/mol. The summed E-state index contributed by atoms with van der Waals surface area (Å²) in [6, 6.07) is 16.7. The Morgan fingerprint density at radius 2 is 1.30 bits per heavy atom. The van der Waals surface area contributed by atoms with Crippen LogP contribution in [0.2, 0.25) is 0 Å². The van der Waals surface area contributed by atoms with Gasteiger partial charge in [0.05, 0.1) is 5.56 Å². The molecule has 3 rings (SSSR count). The quantitative estimate of drug-likeness (QED) is 0.355. The first-order valence-electron chi connectivity index (χ1n) is 10.3. The van der Waals surface area contributed by atoms with Crippen LogP contribution in [0, 0.1) is 0 Å². The first-order valence-corrected chi connectivity index (χ1v) is 10.3. The van der Waals surface area contributed by atoms with Crippen molar-refractivity contribution < 1.29 is 33.3 Å². The van der Waals surface area contributed by atoms with Gasteiger partial charge in [0.25, 0.3) is 0 Å². The van der Waals surface area contributed by atoms with E-state index < -0.39 is 24.1 Å². The lowest BCUT2D eigenvalue weighted by atomic mass is 9.86. The predicted octanol–water partition coefficient (Wildman–Crippen LogP) is 6.50. The summed E-state index contributed by atoms with van der Waals surface area (Å²) in [5.74, 6) is -1.05. The van der Waals surface area contributed by atoms with Crippen LogP contribution in [0.15, 0.2) is 66.7 Å². The summed E-state index contributed by atoms with van der Waals surface area (Å²) >= 11 is 0. The lowest BCUT2D eigenvalue weighted by Gasteiger charge is -2.19. The van der Waals surface area contributed by atoms with E-state index in [4.69, 9.17) is 5.11 Å². The number of phenols is 2. The highest BCUT2D eigenvalue weighted by molar-refractivity contribution is 5.98. The molecule has 3 N–H and O–H groups in total. The first kappa shape index (κ1) is 23.9. The second-order valence-electron chi connectivity index (χ2n) is 7.56. The minimum Gasteiger partial charge on any atom is -0.508 e. The van der Waals surface area contributed by atoms with Crippen LogP contribution < -0.4 is 0 Å². The number of aliphatic carboxylic acids is 1. The van der Waals surface area contributed by atoms with Gasteiger partial charge in [-0.05, 0) is 76.6 Å². The van der Waals surface area contributed by atoms with Crippen molar-refractivity contribution >= 4 is 17.1 Å². The summed E-state index contributed by atoms with van der Waals surface area (Å²) in [4.78, 5) is 10.9. The minimum atomic E-state index is -4.64.